The molecule has 6 nitrogen and oxygen atoms in total. The van der Waals surface area contributed by atoms with Crippen LogP contribution in [0.2, 0.25) is 5.02 Å². The lowest BCUT2D eigenvalue weighted by molar-refractivity contribution is -0.357. The molecule has 1 aliphatic carbocycles. The van der Waals surface area contributed by atoms with E-state index >= 15 is 0 Å². The topological polar surface area (TPSA) is 73.6 Å². The van der Waals surface area contributed by atoms with E-state index in [1.807, 2.05) is 0 Å². The molecule has 1 aromatic heterocycles. The number of alkyl halides is 3. The molecule has 1 amide bonds. The van der Waals surface area contributed by atoms with Crippen LogP contribution in [0.1, 0.15) is 25.0 Å². The van der Waals surface area contributed by atoms with E-state index in [-0.39, 0.29) is 30.0 Å². The number of carbonyl (C=O) groups excluding carboxylic acids is 1. The first kappa shape index (κ1) is 23.2. The maximum Gasteiger partial charge on any atom is 0.522 e. The van der Waals surface area contributed by atoms with Crippen LogP contribution in [0, 0.1) is 5.82 Å². The van der Waals surface area contributed by atoms with Gasteiger partial charge < -0.3 is 14.6 Å². The highest BCUT2D eigenvalue weighted by Gasteiger charge is 2.40. The molecular weight excluding hydrogens is 444 g/mol. The maximum absolute atomic E-state index is 14.0. The first-order valence-corrected chi connectivity index (χ1v) is 9.71. The van der Waals surface area contributed by atoms with Gasteiger partial charge in [0.25, 0.3) is 0 Å². The number of hydrogen-bond donors (Lipinski definition) is 1. The molecule has 1 aromatic carbocycles. The quantitative estimate of drug-likeness (QED) is 0.543. The lowest BCUT2D eigenvalue weighted by Gasteiger charge is -2.34. The predicted molar refractivity (Wildman–Crippen MR) is 102 cm³/mol. The van der Waals surface area contributed by atoms with Gasteiger partial charge >= 0.3 is 6.36 Å². The third-order valence-electron chi connectivity index (χ3n) is 4.56. The number of aryl methyl sites for hydroxylation is 1. The Bertz CT molecular complexity index is 942. The summed E-state index contributed by atoms with van der Waals surface area (Å²) < 4.78 is 64.4. The Balaban J connectivity index is 1.36. The van der Waals surface area contributed by atoms with Crippen molar-refractivity contribution >= 4 is 17.5 Å². The number of allylic oxidation sites excluding steroid dienone is 1. The number of carbonyl (C=O) groups is 1. The Hall–Kier alpha value is -2.43. The van der Waals surface area contributed by atoms with E-state index in [1.165, 1.54) is 12.1 Å². The lowest BCUT2D eigenvalue weighted by Crippen LogP contribution is -2.42. The van der Waals surface area contributed by atoms with Crippen LogP contribution in [-0.4, -0.2) is 36.2 Å². The highest BCUT2D eigenvalue weighted by atomic mass is 35.5. The van der Waals surface area contributed by atoms with Crippen LogP contribution in [0.3, 0.4) is 0 Å². The molecule has 11 heteroatoms. The number of nitrogens with zero attached hydrogens (tertiary/aromatic N) is 1. The fourth-order valence-corrected chi connectivity index (χ4v) is 3.12. The molecule has 0 saturated heterocycles. The van der Waals surface area contributed by atoms with Crippen molar-refractivity contribution in [3.05, 3.63) is 53.1 Å². The second-order valence-corrected chi connectivity index (χ2v) is 7.48. The number of aromatic nitrogens is 1. The summed E-state index contributed by atoms with van der Waals surface area (Å²) in [6.07, 6.45) is -5.19. The zero-order valence-electron chi connectivity index (χ0n) is 16.2. The fourth-order valence-electron chi connectivity index (χ4n) is 2.96. The van der Waals surface area contributed by atoms with Crippen molar-refractivity contribution in [2.75, 3.05) is 6.61 Å². The number of benzene rings is 1. The van der Waals surface area contributed by atoms with Crippen LogP contribution in [0.5, 0.6) is 0 Å². The highest BCUT2D eigenvalue weighted by Crippen LogP contribution is 2.32. The number of hydrogen-bond acceptors (Lipinski definition) is 5. The average Bonchev–Trinajstić information content (AvgIpc) is 3.09. The molecule has 168 valence electrons. The third-order valence-corrected chi connectivity index (χ3v) is 4.79. The maximum atomic E-state index is 14.0. The molecule has 0 spiro atoms. The summed E-state index contributed by atoms with van der Waals surface area (Å²) in [6.45, 7) is 3.44. The zero-order valence-corrected chi connectivity index (χ0v) is 16.9. The number of rotatable bonds is 9. The van der Waals surface area contributed by atoms with Gasteiger partial charge in [0.2, 0.25) is 5.91 Å². The van der Waals surface area contributed by atoms with E-state index in [1.54, 1.807) is 12.1 Å². The van der Waals surface area contributed by atoms with E-state index in [4.69, 9.17) is 20.9 Å². The molecule has 0 unspecified atom stereocenters. The fraction of sp³-hybridized carbons (Fsp3) is 0.400. The van der Waals surface area contributed by atoms with Gasteiger partial charge in [-0.2, -0.15) is 0 Å². The SMILES string of the molecule is C=C(CCc1cc(-c2ccc(Cl)cc2F)no1)NC(=O)COC1CC(OC(F)(F)F)C1. The smallest absolute Gasteiger partial charge is 0.368 e. The van der Waals surface area contributed by atoms with E-state index < -0.39 is 30.3 Å². The van der Waals surface area contributed by atoms with E-state index in [0.29, 0.717) is 30.0 Å². The molecule has 31 heavy (non-hydrogen) atoms. The monoisotopic (exact) mass is 462 g/mol. The molecule has 0 radical (unpaired) electrons. The molecule has 0 bridgehead atoms. The van der Waals surface area contributed by atoms with Crippen molar-refractivity contribution in [2.24, 2.45) is 0 Å². The van der Waals surface area contributed by atoms with Crippen LogP contribution < -0.4 is 5.32 Å². The van der Waals surface area contributed by atoms with Gasteiger partial charge in [-0.25, -0.2) is 4.39 Å². The van der Waals surface area contributed by atoms with Crippen LogP contribution in [0.15, 0.2) is 41.1 Å². The third kappa shape index (κ3) is 7.05. The summed E-state index contributed by atoms with van der Waals surface area (Å²) in [5.74, 6) is -0.514. The number of halogens is 5. The second kappa shape index (κ2) is 9.80. The summed E-state index contributed by atoms with van der Waals surface area (Å²) in [5.41, 5.74) is 0.971. The molecule has 3 rings (SSSR count). The molecular formula is C20H19ClF4N2O4. The number of ether oxygens (including phenoxy) is 2. The van der Waals surface area contributed by atoms with Crippen molar-refractivity contribution in [1.82, 2.24) is 10.5 Å². The summed E-state index contributed by atoms with van der Waals surface area (Å²) in [6, 6.07) is 5.80. The van der Waals surface area contributed by atoms with Gasteiger partial charge in [-0.15, -0.1) is 13.2 Å². The molecule has 1 heterocycles. The number of amides is 1. The Morgan fingerprint density at radius 2 is 2.03 bits per heavy atom. The predicted octanol–water partition coefficient (Wildman–Crippen LogP) is 4.78. The minimum atomic E-state index is -4.67. The molecule has 1 fully saturated rings. The lowest BCUT2D eigenvalue weighted by atomic mass is 9.92. The Labute approximate surface area is 180 Å². The summed E-state index contributed by atoms with van der Waals surface area (Å²) in [5, 5.41) is 6.65. The van der Waals surface area contributed by atoms with Gasteiger partial charge in [0.15, 0.2) is 0 Å². The summed E-state index contributed by atoms with van der Waals surface area (Å²) in [4.78, 5) is 11.9. The van der Waals surface area contributed by atoms with E-state index in [2.05, 4.69) is 21.8 Å². The average molecular weight is 463 g/mol. The van der Waals surface area contributed by atoms with Gasteiger partial charge in [-0.3, -0.25) is 9.53 Å². The van der Waals surface area contributed by atoms with E-state index in [0.717, 1.165) is 0 Å². The van der Waals surface area contributed by atoms with Gasteiger partial charge in [0.05, 0.1) is 12.2 Å². The van der Waals surface area contributed by atoms with E-state index in [9.17, 15) is 22.4 Å². The standard InChI is InChI=1S/C20H19ClF4N2O4/c1-11(26-19(28)10-29-14-7-15(8-14)30-20(23,24)25)2-4-13-9-18(27-31-13)16-5-3-12(21)6-17(16)22/h3,5-6,9,14-15H,1-2,4,7-8,10H2,(H,26,28). The molecule has 1 saturated carbocycles. The normalized spacial score (nSPS) is 18.5. The zero-order chi connectivity index (χ0) is 22.6. The number of nitrogens with one attached hydrogen (secondary N) is 1. The van der Waals surface area contributed by atoms with Gasteiger partial charge in [-0.1, -0.05) is 23.3 Å². The molecule has 2 aromatic rings. The minimum absolute atomic E-state index is 0.0791. The first-order valence-electron chi connectivity index (χ1n) is 9.34. The molecule has 0 atom stereocenters. The molecule has 1 aliphatic rings. The molecule has 1 N–H and O–H groups in total. The van der Waals surface area contributed by atoms with Crippen LogP contribution in [0.4, 0.5) is 17.6 Å². The first-order chi connectivity index (χ1) is 14.6. The summed E-state index contributed by atoms with van der Waals surface area (Å²) >= 11 is 5.73. The van der Waals surface area contributed by atoms with Gasteiger partial charge in [-0.05, 0) is 24.6 Å². The molecule has 0 aliphatic heterocycles. The largest absolute Gasteiger partial charge is 0.522 e. The van der Waals surface area contributed by atoms with Crippen molar-refractivity contribution < 1.29 is 36.4 Å². The van der Waals surface area contributed by atoms with Crippen LogP contribution >= 0.6 is 11.6 Å². The Morgan fingerprint density at radius 3 is 2.71 bits per heavy atom. The Morgan fingerprint density at radius 1 is 1.29 bits per heavy atom. The minimum Gasteiger partial charge on any atom is -0.368 e. The Kier molecular flexibility index (Phi) is 7.34. The van der Waals surface area contributed by atoms with Crippen LogP contribution in [0.25, 0.3) is 11.3 Å². The van der Waals surface area contributed by atoms with Crippen molar-refractivity contribution in [3.63, 3.8) is 0 Å². The highest BCUT2D eigenvalue weighted by molar-refractivity contribution is 6.30. The van der Waals surface area contributed by atoms with Crippen molar-refractivity contribution in [1.29, 1.82) is 0 Å². The van der Waals surface area contributed by atoms with Crippen LogP contribution in [-0.2, 0) is 20.7 Å². The van der Waals surface area contributed by atoms with Crippen molar-refractivity contribution in [3.8, 4) is 11.3 Å². The second-order valence-electron chi connectivity index (χ2n) is 7.04. The van der Waals surface area contributed by atoms with Gasteiger partial charge in [0, 0.05) is 41.6 Å². The summed E-state index contributed by atoms with van der Waals surface area (Å²) in [7, 11) is 0. The van der Waals surface area contributed by atoms with Gasteiger partial charge in [0.1, 0.15) is 23.9 Å². The van der Waals surface area contributed by atoms with Crippen molar-refractivity contribution in [2.45, 2.75) is 44.3 Å².